The number of carbonyl (C=O) groups excluding carboxylic acids is 1. The Balaban J connectivity index is 1.18. The number of hydrogen-bond donors (Lipinski definition) is 0. The molecule has 8 rings (SSSR count). The summed E-state index contributed by atoms with van der Waals surface area (Å²) in [6, 6.07) is 47.2. The number of cyclic esters (lactones) is 1. The molecule has 0 bridgehead atoms. The third-order valence-electron chi connectivity index (χ3n) is 8.87. The summed E-state index contributed by atoms with van der Waals surface area (Å²) in [6.07, 6.45) is 0. The van der Waals surface area contributed by atoms with Crippen LogP contribution >= 0.6 is 79.4 Å². The van der Waals surface area contributed by atoms with Crippen molar-refractivity contribution in [3.8, 4) is 34.5 Å². The topological polar surface area (TPSA) is 116 Å². The fourth-order valence-corrected chi connectivity index (χ4v) is 11.3. The van der Waals surface area contributed by atoms with Gasteiger partial charge in [0, 0.05) is 34.6 Å². The zero-order valence-electron chi connectivity index (χ0n) is 30.7. The Morgan fingerprint density at radius 3 is 0.983 bits per heavy atom. The quantitative estimate of drug-likeness (QED) is 0.0451. The number of benzene rings is 7. The first-order valence-electron chi connectivity index (χ1n) is 17.8. The summed E-state index contributed by atoms with van der Waals surface area (Å²) in [6.45, 7) is 0. The van der Waals surface area contributed by atoms with Gasteiger partial charge in [0.05, 0.1) is 5.56 Å². The highest BCUT2D eigenvalue weighted by molar-refractivity contribution is 9.15. The highest BCUT2D eigenvalue weighted by Crippen LogP contribution is 2.57. The van der Waals surface area contributed by atoms with Gasteiger partial charge in [-0.1, -0.05) is 97.1 Å². The standard InChI is InChI=1S/C44H28Br4O10P2/c45-39-37-38(40(46)42(48)41(39)47)44(52-43(37)49,29-21-25-35(26-22-29)57-59(50,53-31-13-5-1-6-14-31)54-32-15-7-2-8-16-32)30-23-27-36(28-24-30)58-60(51,55-33-17-9-3-10-18-33)56-34-19-11-4-12-20-34/h1-28H. The zero-order valence-corrected chi connectivity index (χ0v) is 38.8. The maximum atomic E-state index is 14.2. The Morgan fingerprint density at radius 1 is 0.383 bits per heavy atom. The lowest BCUT2D eigenvalue weighted by Crippen LogP contribution is -2.30. The maximum absolute atomic E-state index is 14.2. The van der Waals surface area contributed by atoms with Crippen molar-refractivity contribution in [3.05, 3.63) is 210 Å². The molecule has 0 radical (unpaired) electrons. The van der Waals surface area contributed by atoms with Gasteiger partial charge >= 0.3 is 21.6 Å². The molecule has 0 saturated heterocycles. The summed E-state index contributed by atoms with van der Waals surface area (Å²) >= 11 is 14.5. The van der Waals surface area contributed by atoms with E-state index in [9.17, 15) is 13.9 Å². The van der Waals surface area contributed by atoms with Crippen LogP contribution in [0.4, 0.5) is 0 Å². The van der Waals surface area contributed by atoms with E-state index in [0.717, 1.165) is 0 Å². The van der Waals surface area contributed by atoms with Gasteiger partial charge < -0.3 is 31.9 Å². The molecule has 0 atom stereocenters. The molecule has 1 heterocycles. The normalized spacial score (nSPS) is 13.1. The number of halogens is 4. The van der Waals surface area contributed by atoms with Gasteiger partial charge in [0.1, 0.15) is 34.5 Å². The van der Waals surface area contributed by atoms with Crippen molar-refractivity contribution in [2.75, 3.05) is 0 Å². The highest BCUT2D eigenvalue weighted by atomic mass is 79.9. The number of para-hydroxylation sites is 4. The molecule has 0 aromatic heterocycles. The minimum Gasteiger partial charge on any atom is -0.441 e. The van der Waals surface area contributed by atoms with Crippen molar-refractivity contribution < 1.29 is 45.8 Å². The predicted octanol–water partition coefficient (Wildman–Crippen LogP) is 14.5. The van der Waals surface area contributed by atoms with Crippen LogP contribution in [-0.2, 0) is 19.5 Å². The zero-order chi connectivity index (χ0) is 41.9. The summed E-state index contributed by atoms with van der Waals surface area (Å²) in [5, 5.41) is 0. The smallest absolute Gasteiger partial charge is 0.441 e. The van der Waals surface area contributed by atoms with Gasteiger partial charge in [0.15, 0.2) is 5.60 Å². The van der Waals surface area contributed by atoms with Gasteiger partial charge in [-0.25, -0.2) is 4.79 Å². The van der Waals surface area contributed by atoms with Gasteiger partial charge in [-0.2, -0.15) is 9.13 Å². The van der Waals surface area contributed by atoms with Gasteiger partial charge in [-0.05, 0) is 137 Å². The van der Waals surface area contributed by atoms with E-state index in [4.69, 9.17) is 31.9 Å². The van der Waals surface area contributed by atoms with Crippen LogP contribution in [0.25, 0.3) is 0 Å². The van der Waals surface area contributed by atoms with Gasteiger partial charge in [0.2, 0.25) is 0 Å². The molecule has 0 spiro atoms. The second kappa shape index (κ2) is 17.7. The summed E-state index contributed by atoms with van der Waals surface area (Å²) in [5.74, 6) is 0.768. The Kier molecular flexibility index (Phi) is 12.3. The number of phosphoric acid groups is 2. The van der Waals surface area contributed by atoms with E-state index in [2.05, 4.69) is 63.7 Å². The van der Waals surface area contributed by atoms with Crippen LogP contribution in [0.1, 0.15) is 27.0 Å². The summed E-state index contributed by atoms with van der Waals surface area (Å²) in [5.41, 5.74) is 0.153. The van der Waals surface area contributed by atoms with E-state index in [1.807, 2.05) is 0 Å². The van der Waals surface area contributed by atoms with Gasteiger partial charge in [-0.3, -0.25) is 0 Å². The van der Waals surface area contributed by atoms with Crippen molar-refractivity contribution in [1.82, 2.24) is 0 Å². The molecule has 0 unspecified atom stereocenters. The molecule has 0 aliphatic carbocycles. The number of ether oxygens (including phenoxy) is 1. The third kappa shape index (κ3) is 8.82. The van der Waals surface area contributed by atoms with E-state index < -0.39 is 27.2 Å². The lowest BCUT2D eigenvalue weighted by atomic mass is 9.80. The van der Waals surface area contributed by atoms with Crippen LogP contribution in [0.5, 0.6) is 34.5 Å². The number of rotatable bonds is 14. The number of fused-ring (bicyclic) bond motifs is 1. The molecule has 0 fully saturated rings. The first-order chi connectivity index (χ1) is 29.0. The monoisotopic (exact) mass is 1090 g/mol. The molecule has 7 aromatic rings. The van der Waals surface area contributed by atoms with Crippen molar-refractivity contribution in [2.24, 2.45) is 0 Å². The van der Waals surface area contributed by atoms with Crippen molar-refractivity contribution in [3.63, 3.8) is 0 Å². The second-order valence-electron chi connectivity index (χ2n) is 12.8. The number of hydrogen-bond acceptors (Lipinski definition) is 10. The molecule has 1 aliphatic rings. The number of phosphoric ester groups is 2. The number of carbonyl (C=O) groups is 1. The van der Waals surface area contributed by atoms with Crippen LogP contribution < -0.4 is 27.1 Å². The second-order valence-corrected chi connectivity index (χ2v) is 18.9. The lowest BCUT2D eigenvalue weighted by Gasteiger charge is -2.31. The van der Waals surface area contributed by atoms with Crippen LogP contribution in [0.15, 0.2) is 188 Å². The average Bonchev–Trinajstić information content (AvgIpc) is 3.57. The van der Waals surface area contributed by atoms with Crippen molar-refractivity contribution in [1.29, 1.82) is 0 Å². The van der Waals surface area contributed by atoms with Gasteiger partial charge in [0.25, 0.3) is 0 Å². The molecule has 0 amide bonds. The molecule has 60 heavy (non-hydrogen) atoms. The molecule has 0 N–H and O–H groups in total. The van der Waals surface area contributed by atoms with E-state index in [0.29, 0.717) is 34.6 Å². The molecular weight excluding hydrogens is 1070 g/mol. The summed E-state index contributed by atoms with van der Waals surface area (Å²) in [4.78, 5) is 14.0. The first kappa shape index (κ1) is 41.9. The fraction of sp³-hybridized carbons (Fsp3) is 0.0227. The minimum atomic E-state index is -4.33. The molecule has 1 aliphatic heterocycles. The van der Waals surface area contributed by atoms with Crippen LogP contribution in [0.3, 0.4) is 0 Å². The Bertz CT molecular complexity index is 2510. The Hall–Kier alpha value is -4.81. The molecular formula is C44H28Br4O10P2. The highest BCUT2D eigenvalue weighted by Gasteiger charge is 2.52. The molecule has 16 heteroatoms. The summed E-state index contributed by atoms with van der Waals surface area (Å²) in [7, 11) is -8.65. The van der Waals surface area contributed by atoms with Crippen molar-refractivity contribution >= 4 is 85.3 Å². The van der Waals surface area contributed by atoms with Crippen molar-refractivity contribution in [2.45, 2.75) is 5.60 Å². The average molecular weight is 1100 g/mol. The van der Waals surface area contributed by atoms with E-state index >= 15 is 0 Å². The third-order valence-corrected chi connectivity index (χ3v) is 16.2. The maximum Gasteiger partial charge on any atom is 0.647 e. The van der Waals surface area contributed by atoms with Crippen LogP contribution in [0, 0.1) is 0 Å². The fourth-order valence-electron chi connectivity index (χ4n) is 6.28. The number of esters is 1. The molecule has 0 saturated carbocycles. The Morgan fingerprint density at radius 2 is 0.667 bits per heavy atom. The molecule has 302 valence electrons. The SMILES string of the molecule is O=C1OC(c2ccc(OP(=O)(Oc3ccccc3)Oc3ccccc3)cc2)(c2ccc(OP(=O)(Oc3ccccc3)Oc3ccccc3)cc2)c2c(Br)c(Br)c(Br)c(Br)c21. The van der Waals surface area contributed by atoms with Crippen LogP contribution in [0.2, 0.25) is 0 Å². The molecule has 7 aromatic carbocycles. The first-order valence-corrected chi connectivity index (χ1v) is 23.9. The lowest BCUT2D eigenvalue weighted by molar-refractivity contribution is 0.0249. The van der Waals surface area contributed by atoms with E-state index in [-0.39, 0.29) is 40.1 Å². The summed E-state index contributed by atoms with van der Waals surface area (Å²) < 4.78 is 72.4. The van der Waals surface area contributed by atoms with Gasteiger partial charge in [-0.15, -0.1) is 0 Å². The minimum absolute atomic E-state index is 0.141. The predicted molar refractivity (Wildman–Crippen MR) is 240 cm³/mol. The largest absolute Gasteiger partial charge is 0.647 e. The van der Waals surface area contributed by atoms with E-state index in [1.54, 1.807) is 170 Å². The van der Waals surface area contributed by atoms with Crippen LogP contribution in [-0.4, -0.2) is 5.97 Å². The Labute approximate surface area is 378 Å². The molecule has 10 nitrogen and oxygen atoms in total. The van der Waals surface area contributed by atoms with E-state index in [1.165, 1.54) is 0 Å².